The molecule has 0 aromatic heterocycles. The monoisotopic (exact) mass is 270 g/mol. The summed E-state index contributed by atoms with van der Waals surface area (Å²) in [7, 11) is 0. The van der Waals surface area contributed by atoms with Gasteiger partial charge in [-0.1, -0.05) is 13.8 Å². The molecule has 1 heterocycles. The average molecular weight is 270 g/mol. The van der Waals surface area contributed by atoms with Crippen molar-refractivity contribution in [1.29, 1.82) is 0 Å². The summed E-state index contributed by atoms with van der Waals surface area (Å²) in [5, 5.41) is 8.97. The number of rotatable bonds is 4. The van der Waals surface area contributed by atoms with Gasteiger partial charge in [0.15, 0.2) is 6.10 Å². The fraction of sp³-hybridized carbons (Fsp3) is 0.846. The molecule has 2 aliphatic rings. The first-order valence-corrected chi connectivity index (χ1v) is 6.89. The molecule has 1 aliphatic carbocycles. The quantitative estimate of drug-likeness (QED) is 0.827. The number of carbonyl (C=O) groups is 2. The molecule has 0 bridgehead atoms. The maximum atomic E-state index is 12.5. The third-order valence-corrected chi connectivity index (χ3v) is 3.41. The van der Waals surface area contributed by atoms with Gasteiger partial charge in [0.05, 0.1) is 13.2 Å². The molecule has 19 heavy (non-hydrogen) atoms. The van der Waals surface area contributed by atoms with Gasteiger partial charge in [-0.15, -0.1) is 0 Å². The molecule has 1 saturated carbocycles. The summed E-state index contributed by atoms with van der Waals surface area (Å²) in [5.41, 5.74) is 0. The molecule has 0 spiro atoms. The third-order valence-electron chi connectivity index (χ3n) is 3.41. The van der Waals surface area contributed by atoms with Gasteiger partial charge in [-0.3, -0.25) is 0 Å². The van der Waals surface area contributed by atoms with Crippen molar-refractivity contribution < 1.29 is 19.4 Å². The number of nitrogens with zero attached hydrogens (tertiary/aromatic N) is 2. The Balaban J connectivity index is 1.98. The van der Waals surface area contributed by atoms with Crippen molar-refractivity contribution in [1.82, 2.24) is 9.80 Å². The second kappa shape index (κ2) is 5.77. The zero-order chi connectivity index (χ0) is 14.0. The maximum absolute atomic E-state index is 12.5. The number of aliphatic carboxylic acids is 1. The van der Waals surface area contributed by atoms with Gasteiger partial charge in [0.1, 0.15) is 0 Å². The molecule has 1 unspecified atom stereocenters. The van der Waals surface area contributed by atoms with Crippen molar-refractivity contribution in [3.8, 4) is 0 Å². The van der Waals surface area contributed by atoms with Crippen molar-refractivity contribution in [3.63, 3.8) is 0 Å². The van der Waals surface area contributed by atoms with Crippen LogP contribution in [0, 0.1) is 5.92 Å². The second-order valence-electron chi connectivity index (χ2n) is 5.70. The van der Waals surface area contributed by atoms with Gasteiger partial charge in [-0.2, -0.15) is 0 Å². The Kier molecular flexibility index (Phi) is 4.29. The lowest BCUT2D eigenvalue weighted by Crippen LogP contribution is -2.53. The molecule has 6 heteroatoms. The highest BCUT2D eigenvalue weighted by atomic mass is 16.5. The summed E-state index contributed by atoms with van der Waals surface area (Å²) in [6.45, 7) is 5.82. The van der Waals surface area contributed by atoms with Crippen LogP contribution in [0.25, 0.3) is 0 Å². The van der Waals surface area contributed by atoms with Crippen molar-refractivity contribution in [2.24, 2.45) is 5.92 Å². The smallest absolute Gasteiger partial charge is 0.334 e. The second-order valence-corrected chi connectivity index (χ2v) is 5.70. The van der Waals surface area contributed by atoms with Crippen molar-refractivity contribution >= 4 is 12.0 Å². The lowest BCUT2D eigenvalue weighted by molar-refractivity contribution is -0.154. The lowest BCUT2D eigenvalue weighted by atomic mass is 10.2. The topological polar surface area (TPSA) is 70.1 Å². The van der Waals surface area contributed by atoms with E-state index in [1.54, 1.807) is 4.90 Å². The SMILES string of the molecule is CC(C)CN(C(=O)N1CCOC(C(=O)O)C1)C1CC1. The summed E-state index contributed by atoms with van der Waals surface area (Å²) in [6, 6.07) is 0.312. The minimum absolute atomic E-state index is 0.0363. The largest absolute Gasteiger partial charge is 0.479 e. The molecule has 1 atom stereocenters. The van der Waals surface area contributed by atoms with Gasteiger partial charge < -0.3 is 19.6 Å². The molecule has 0 aromatic rings. The fourth-order valence-electron chi connectivity index (χ4n) is 2.32. The van der Waals surface area contributed by atoms with Crippen LogP contribution in [-0.2, 0) is 9.53 Å². The Bertz CT molecular complexity index is 355. The summed E-state index contributed by atoms with van der Waals surface area (Å²) in [4.78, 5) is 26.9. The molecule has 2 amide bonds. The van der Waals surface area contributed by atoms with Crippen molar-refractivity contribution in [2.45, 2.75) is 38.8 Å². The van der Waals surface area contributed by atoms with Gasteiger partial charge in [-0.25, -0.2) is 9.59 Å². The highest BCUT2D eigenvalue weighted by Crippen LogP contribution is 2.29. The molecule has 2 rings (SSSR count). The Morgan fingerprint density at radius 2 is 2.11 bits per heavy atom. The van der Waals surface area contributed by atoms with E-state index in [0.29, 0.717) is 25.1 Å². The first kappa shape index (κ1) is 14.1. The van der Waals surface area contributed by atoms with Crippen LogP contribution in [0.3, 0.4) is 0 Å². The van der Waals surface area contributed by atoms with E-state index in [0.717, 1.165) is 19.4 Å². The van der Waals surface area contributed by atoms with Gasteiger partial charge in [-0.05, 0) is 18.8 Å². The van der Waals surface area contributed by atoms with E-state index in [9.17, 15) is 9.59 Å². The number of morpholine rings is 1. The first-order chi connectivity index (χ1) is 8.99. The van der Waals surface area contributed by atoms with E-state index in [1.165, 1.54) is 0 Å². The predicted molar refractivity (Wildman–Crippen MR) is 68.9 cm³/mol. The van der Waals surface area contributed by atoms with Crippen LogP contribution in [0.15, 0.2) is 0 Å². The fourth-order valence-corrected chi connectivity index (χ4v) is 2.32. The number of carboxylic acid groups (broad SMARTS) is 1. The van der Waals surface area contributed by atoms with E-state index in [4.69, 9.17) is 9.84 Å². The van der Waals surface area contributed by atoms with Crippen molar-refractivity contribution in [3.05, 3.63) is 0 Å². The Hall–Kier alpha value is -1.30. The number of hydrogen-bond acceptors (Lipinski definition) is 3. The summed E-state index contributed by atoms with van der Waals surface area (Å²) in [5.74, 6) is -0.583. The zero-order valence-electron chi connectivity index (χ0n) is 11.5. The van der Waals surface area contributed by atoms with Crippen LogP contribution >= 0.6 is 0 Å². The van der Waals surface area contributed by atoms with Crippen LogP contribution in [-0.4, -0.2) is 65.3 Å². The molecule has 108 valence electrons. The van der Waals surface area contributed by atoms with Gasteiger partial charge in [0, 0.05) is 19.1 Å². The van der Waals surface area contributed by atoms with E-state index >= 15 is 0 Å². The van der Waals surface area contributed by atoms with Gasteiger partial charge in [0.25, 0.3) is 0 Å². The molecule has 6 nitrogen and oxygen atoms in total. The first-order valence-electron chi connectivity index (χ1n) is 6.89. The van der Waals surface area contributed by atoms with Gasteiger partial charge in [0.2, 0.25) is 0 Å². The molecule has 1 aliphatic heterocycles. The summed E-state index contributed by atoms with van der Waals surface area (Å²) >= 11 is 0. The van der Waals surface area contributed by atoms with E-state index in [1.807, 2.05) is 4.90 Å². The Morgan fingerprint density at radius 3 is 2.63 bits per heavy atom. The zero-order valence-corrected chi connectivity index (χ0v) is 11.5. The molecule has 0 aromatic carbocycles. The average Bonchev–Trinajstić information content (AvgIpc) is 3.19. The van der Waals surface area contributed by atoms with Crippen LogP contribution in [0.4, 0.5) is 4.79 Å². The normalized spacial score (nSPS) is 23.5. The highest BCUT2D eigenvalue weighted by molar-refractivity contribution is 5.78. The molecule has 1 N–H and O–H groups in total. The lowest BCUT2D eigenvalue weighted by Gasteiger charge is -2.36. The van der Waals surface area contributed by atoms with E-state index in [-0.39, 0.29) is 12.6 Å². The third kappa shape index (κ3) is 3.59. The van der Waals surface area contributed by atoms with Crippen molar-refractivity contribution in [2.75, 3.05) is 26.2 Å². The number of carboxylic acids is 1. The number of urea groups is 1. The molecule has 0 radical (unpaired) electrons. The number of carbonyl (C=O) groups excluding carboxylic acids is 1. The van der Waals surface area contributed by atoms with Crippen LogP contribution in [0.5, 0.6) is 0 Å². The molecular formula is C13H22N2O4. The van der Waals surface area contributed by atoms with E-state index < -0.39 is 12.1 Å². The summed E-state index contributed by atoms with van der Waals surface area (Å²) < 4.78 is 5.14. The minimum atomic E-state index is -1.00. The Morgan fingerprint density at radius 1 is 1.42 bits per heavy atom. The van der Waals surface area contributed by atoms with E-state index in [2.05, 4.69) is 13.8 Å². The van der Waals surface area contributed by atoms with Gasteiger partial charge >= 0.3 is 12.0 Å². The minimum Gasteiger partial charge on any atom is -0.479 e. The van der Waals surface area contributed by atoms with Crippen LogP contribution in [0.1, 0.15) is 26.7 Å². The van der Waals surface area contributed by atoms with Crippen LogP contribution < -0.4 is 0 Å². The highest BCUT2D eigenvalue weighted by Gasteiger charge is 2.37. The number of hydrogen-bond donors (Lipinski definition) is 1. The molecule has 1 saturated heterocycles. The standard InChI is InChI=1S/C13H22N2O4/c1-9(2)7-15(10-3-4-10)13(18)14-5-6-19-11(8-14)12(16)17/h9-11H,3-8H2,1-2H3,(H,16,17). The number of ether oxygens (including phenoxy) is 1. The maximum Gasteiger partial charge on any atom is 0.334 e. The summed E-state index contributed by atoms with van der Waals surface area (Å²) in [6.07, 6.45) is 1.23. The molecule has 2 fully saturated rings. The van der Waals surface area contributed by atoms with Crippen LogP contribution in [0.2, 0.25) is 0 Å². The Labute approximate surface area is 113 Å². The number of amides is 2. The molecular weight excluding hydrogens is 248 g/mol. The predicted octanol–water partition coefficient (Wildman–Crippen LogP) is 1.01.